The van der Waals surface area contributed by atoms with Gasteiger partial charge < -0.3 is 9.15 Å². The number of nitrogens with zero attached hydrogens (tertiary/aromatic N) is 2. The third-order valence-corrected chi connectivity index (χ3v) is 9.05. The minimum Gasteiger partial charge on any atom is -0.457 e. The molecule has 1 aliphatic rings. The van der Waals surface area contributed by atoms with Crippen molar-refractivity contribution in [2.24, 2.45) is 4.99 Å². The molecular weight excluding hydrogens is 552 g/mol. The molecule has 0 bridgehead atoms. The number of benzene rings is 5. The van der Waals surface area contributed by atoms with Crippen LogP contribution >= 0.6 is 0 Å². The van der Waals surface area contributed by atoms with Gasteiger partial charge in [0.1, 0.15) is 22.7 Å². The Morgan fingerprint density at radius 1 is 0.733 bits per heavy atom. The summed E-state index contributed by atoms with van der Waals surface area (Å²) in [7, 11) is 0. The van der Waals surface area contributed by atoms with Crippen LogP contribution in [0.5, 0.6) is 11.5 Å². The van der Waals surface area contributed by atoms with Crippen LogP contribution in [0.1, 0.15) is 67.7 Å². The average Bonchev–Trinajstić information content (AvgIpc) is 3.70. The maximum absolute atomic E-state index is 6.82. The molecule has 0 saturated heterocycles. The van der Waals surface area contributed by atoms with Crippen LogP contribution in [0.3, 0.4) is 0 Å². The highest BCUT2D eigenvalue weighted by molar-refractivity contribution is 6.22. The van der Waals surface area contributed by atoms with Gasteiger partial charge in [-0.05, 0) is 64.9 Å². The summed E-state index contributed by atoms with van der Waals surface area (Å²) >= 11 is 0. The summed E-state index contributed by atoms with van der Waals surface area (Å²) in [4.78, 5) is 9.67. The van der Waals surface area contributed by atoms with Gasteiger partial charge >= 0.3 is 0 Å². The van der Waals surface area contributed by atoms with Crippen LogP contribution in [0.15, 0.2) is 125 Å². The predicted molar refractivity (Wildman–Crippen MR) is 186 cm³/mol. The molecule has 2 aromatic heterocycles. The zero-order chi connectivity index (χ0) is 30.7. The summed E-state index contributed by atoms with van der Waals surface area (Å²) in [5.41, 5.74) is 8.80. The number of hydrogen-bond donors (Lipinski definition) is 0. The molecule has 7 aromatic rings. The number of para-hydroxylation sites is 1. The standard InChI is InChI=1S/C41H34N2O2/c1-24(2)29-14-8-15-30(25(3)4)37(29)33-19-21-43-40(33)27-10-7-12-28(22-27)44-36-23-34-31(18-17-26-11-9-20-42-39(26)34)41-38(36)32-13-5-6-16-35(32)45-41/h5-25,33H,1-4H3. The van der Waals surface area contributed by atoms with Crippen LogP contribution in [0.4, 0.5) is 0 Å². The highest BCUT2D eigenvalue weighted by atomic mass is 16.5. The zero-order valence-corrected chi connectivity index (χ0v) is 25.9. The molecule has 0 saturated carbocycles. The predicted octanol–water partition coefficient (Wildman–Crippen LogP) is 11.4. The number of fused-ring (bicyclic) bond motifs is 7. The second-order valence-electron chi connectivity index (χ2n) is 12.5. The monoisotopic (exact) mass is 586 g/mol. The van der Waals surface area contributed by atoms with E-state index in [1.165, 1.54) is 16.7 Å². The summed E-state index contributed by atoms with van der Waals surface area (Å²) in [5.74, 6) is 2.40. The van der Waals surface area contributed by atoms with Gasteiger partial charge in [0.05, 0.1) is 16.6 Å². The van der Waals surface area contributed by atoms with Gasteiger partial charge in [0.2, 0.25) is 0 Å². The van der Waals surface area contributed by atoms with E-state index in [0.29, 0.717) is 11.8 Å². The van der Waals surface area contributed by atoms with Crippen molar-refractivity contribution in [1.82, 2.24) is 4.98 Å². The van der Waals surface area contributed by atoms with Gasteiger partial charge in [-0.15, -0.1) is 0 Å². The lowest BCUT2D eigenvalue weighted by Crippen LogP contribution is -2.15. The lowest BCUT2D eigenvalue weighted by molar-refractivity contribution is 0.489. The SMILES string of the molecule is CC(C)c1cccc(C(C)C)c1C1C=CN=C1c1cccc(Oc2cc3c(ccc4cccnc43)c3oc4ccccc4c23)c1. The molecule has 1 aliphatic heterocycles. The first-order valence-electron chi connectivity index (χ1n) is 15.7. The van der Waals surface area contributed by atoms with Gasteiger partial charge in [0, 0.05) is 45.4 Å². The summed E-state index contributed by atoms with van der Waals surface area (Å²) < 4.78 is 13.3. The molecule has 0 aliphatic carbocycles. The zero-order valence-electron chi connectivity index (χ0n) is 25.9. The molecule has 3 heterocycles. The summed E-state index contributed by atoms with van der Waals surface area (Å²) in [6, 6.07) is 33.6. The molecule has 0 fully saturated rings. The van der Waals surface area contributed by atoms with E-state index in [1.54, 1.807) is 0 Å². The third kappa shape index (κ3) is 4.52. The Labute approximate surface area is 262 Å². The number of allylic oxidation sites excluding steroid dienone is 1. The molecule has 1 unspecified atom stereocenters. The van der Waals surface area contributed by atoms with Crippen LogP contribution in [0.25, 0.3) is 43.6 Å². The maximum atomic E-state index is 6.82. The van der Waals surface area contributed by atoms with E-state index in [-0.39, 0.29) is 5.92 Å². The van der Waals surface area contributed by atoms with Gasteiger partial charge in [-0.3, -0.25) is 9.98 Å². The van der Waals surface area contributed by atoms with E-state index in [4.69, 9.17) is 19.1 Å². The molecule has 4 nitrogen and oxygen atoms in total. The fourth-order valence-electron chi connectivity index (χ4n) is 6.96. The smallest absolute Gasteiger partial charge is 0.147 e. The van der Waals surface area contributed by atoms with E-state index in [1.807, 2.05) is 42.7 Å². The number of aliphatic imine (C=N–C) groups is 1. The number of pyridine rings is 1. The Kier molecular flexibility index (Phi) is 6.53. The van der Waals surface area contributed by atoms with Crippen molar-refractivity contribution in [2.75, 3.05) is 0 Å². The van der Waals surface area contributed by atoms with Crippen molar-refractivity contribution in [2.45, 2.75) is 45.4 Å². The van der Waals surface area contributed by atoms with Crippen LogP contribution in [-0.2, 0) is 0 Å². The highest BCUT2D eigenvalue weighted by Gasteiger charge is 2.27. The molecule has 8 rings (SSSR count). The number of furan rings is 1. The number of aromatic nitrogens is 1. The Morgan fingerprint density at radius 2 is 1.53 bits per heavy atom. The second kappa shape index (κ2) is 10.7. The molecule has 0 radical (unpaired) electrons. The summed E-state index contributed by atoms with van der Waals surface area (Å²) in [5, 5.41) is 5.09. The van der Waals surface area contributed by atoms with Crippen molar-refractivity contribution >= 4 is 49.3 Å². The third-order valence-electron chi connectivity index (χ3n) is 9.05. The van der Waals surface area contributed by atoms with E-state index < -0.39 is 0 Å². The molecule has 45 heavy (non-hydrogen) atoms. The molecule has 4 heteroatoms. The molecule has 0 amide bonds. The van der Waals surface area contributed by atoms with E-state index in [0.717, 1.165) is 66.4 Å². The van der Waals surface area contributed by atoms with Crippen LogP contribution in [-0.4, -0.2) is 10.7 Å². The lowest BCUT2D eigenvalue weighted by Gasteiger charge is -2.24. The Morgan fingerprint density at radius 3 is 2.36 bits per heavy atom. The van der Waals surface area contributed by atoms with Crippen molar-refractivity contribution in [3.8, 4) is 11.5 Å². The van der Waals surface area contributed by atoms with E-state index in [9.17, 15) is 0 Å². The van der Waals surface area contributed by atoms with Gasteiger partial charge in [0.25, 0.3) is 0 Å². The summed E-state index contributed by atoms with van der Waals surface area (Å²) in [6.45, 7) is 9.09. The van der Waals surface area contributed by atoms with Crippen molar-refractivity contribution in [1.29, 1.82) is 0 Å². The van der Waals surface area contributed by atoms with Crippen LogP contribution in [0.2, 0.25) is 0 Å². The summed E-state index contributed by atoms with van der Waals surface area (Å²) in [6.07, 6.45) is 6.03. The fraction of sp³-hybridized carbons (Fsp3) is 0.171. The largest absolute Gasteiger partial charge is 0.457 e. The first-order chi connectivity index (χ1) is 22.0. The molecule has 1 atom stereocenters. The molecular formula is C41H34N2O2. The van der Waals surface area contributed by atoms with Gasteiger partial charge in [-0.25, -0.2) is 0 Å². The maximum Gasteiger partial charge on any atom is 0.147 e. The fourth-order valence-corrected chi connectivity index (χ4v) is 6.96. The van der Waals surface area contributed by atoms with Crippen LogP contribution < -0.4 is 4.74 Å². The Balaban J connectivity index is 1.26. The first-order valence-corrected chi connectivity index (χ1v) is 15.7. The Bertz CT molecular complexity index is 2300. The minimum absolute atomic E-state index is 0.0823. The van der Waals surface area contributed by atoms with Gasteiger partial charge in [-0.2, -0.15) is 0 Å². The van der Waals surface area contributed by atoms with Gasteiger partial charge in [-0.1, -0.05) is 94.4 Å². The van der Waals surface area contributed by atoms with E-state index in [2.05, 4.69) is 101 Å². The molecule has 220 valence electrons. The molecule has 5 aromatic carbocycles. The van der Waals surface area contributed by atoms with E-state index >= 15 is 0 Å². The highest BCUT2D eigenvalue weighted by Crippen LogP contribution is 2.44. The van der Waals surface area contributed by atoms with Crippen molar-refractivity contribution in [3.63, 3.8) is 0 Å². The lowest BCUT2D eigenvalue weighted by atomic mass is 9.79. The number of ether oxygens (including phenoxy) is 1. The molecule has 0 N–H and O–H groups in total. The minimum atomic E-state index is 0.0823. The first kappa shape index (κ1) is 27.3. The number of hydrogen-bond acceptors (Lipinski definition) is 4. The second-order valence-corrected chi connectivity index (χ2v) is 12.5. The molecule has 0 spiro atoms. The normalized spacial score (nSPS) is 14.9. The number of rotatable bonds is 6. The van der Waals surface area contributed by atoms with Crippen molar-refractivity contribution in [3.05, 3.63) is 138 Å². The topological polar surface area (TPSA) is 47.6 Å². The van der Waals surface area contributed by atoms with Crippen molar-refractivity contribution < 1.29 is 9.15 Å². The Hall–Kier alpha value is -5.22. The quantitative estimate of drug-likeness (QED) is 0.182. The van der Waals surface area contributed by atoms with Gasteiger partial charge in [0.15, 0.2) is 0 Å². The average molecular weight is 587 g/mol. The van der Waals surface area contributed by atoms with Crippen LogP contribution in [0, 0.1) is 0 Å².